The first kappa shape index (κ1) is 14.8. The molecule has 1 N–H and O–H groups in total. The Kier molecular flexibility index (Phi) is 4.95. The van der Waals surface area contributed by atoms with Gasteiger partial charge in [-0.05, 0) is 37.4 Å². The normalized spacial score (nSPS) is 14.6. The summed E-state index contributed by atoms with van der Waals surface area (Å²) in [7, 11) is 0. The Hall–Kier alpha value is -1.62. The Labute approximate surface area is 120 Å². The number of nitrogens with one attached hydrogen (secondary N) is 1. The van der Waals surface area contributed by atoms with Crippen LogP contribution in [0.5, 0.6) is 0 Å². The van der Waals surface area contributed by atoms with E-state index in [0.29, 0.717) is 11.7 Å². The van der Waals surface area contributed by atoms with Crippen LogP contribution in [0.2, 0.25) is 0 Å². The van der Waals surface area contributed by atoms with Gasteiger partial charge in [-0.2, -0.15) is 0 Å². The molecule has 1 aromatic carbocycles. The summed E-state index contributed by atoms with van der Waals surface area (Å²) in [5.41, 5.74) is 1.95. The minimum Gasteiger partial charge on any atom is -0.379 e. The van der Waals surface area contributed by atoms with Gasteiger partial charge in [0.1, 0.15) is 5.69 Å². The zero-order valence-corrected chi connectivity index (χ0v) is 12.3. The zero-order valence-electron chi connectivity index (χ0n) is 12.3. The number of anilines is 1. The summed E-state index contributed by atoms with van der Waals surface area (Å²) < 4.78 is 0. The van der Waals surface area contributed by atoms with Gasteiger partial charge < -0.3 is 5.32 Å². The lowest BCUT2D eigenvalue weighted by Crippen LogP contribution is -2.25. The van der Waals surface area contributed by atoms with Crippen molar-refractivity contribution in [2.24, 2.45) is 0 Å². The van der Waals surface area contributed by atoms with Gasteiger partial charge in [-0.1, -0.05) is 19.9 Å². The van der Waals surface area contributed by atoms with Gasteiger partial charge in [-0.25, -0.2) is 0 Å². The molecule has 1 aliphatic carbocycles. The molecule has 0 aliphatic heterocycles. The Morgan fingerprint density at radius 2 is 2.15 bits per heavy atom. The van der Waals surface area contributed by atoms with Crippen LogP contribution < -0.4 is 5.32 Å². The lowest BCUT2D eigenvalue weighted by molar-refractivity contribution is -0.384. The van der Waals surface area contributed by atoms with Crippen molar-refractivity contribution in [3.63, 3.8) is 0 Å². The molecule has 20 heavy (non-hydrogen) atoms. The predicted octanol–water partition coefficient (Wildman–Crippen LogP) is 3.40. The highest BCUT2D eigenvalue weighted by Gasteiger charge is 2.28. The van der Waals surface area contributed by atoms with E-state index in [2.05, 4.69) is 24.1 Å². The molecule has 110 valence electrons. The average Bonchev–Trinajstić information content (AvgIpc) is 3.26. The number of hydrogen-bond acceptors (Lipinski definition) is 4. The fourth-order valence-corrected chi connectivity index (χ4v) is 2.42. The minimum atomic E-state index is -0.319. The first-order valence-corrected chi connectivity index (χ1v) is 7.41. The molecular formula is C15H23N3O2. The summed E-state index contributed by atoms with van der Waals surface area (Å²) in [4.78, 5) is 13.2. The second-order valence-electron chi connectivity index (χ2n) is 5.33. The maximum absolute atomic E-state index is 11.0. The second kappa shape index (κ2) is 6.70. The van der Waals surface area contributed by atoms with Gasteiger partial charge in [0, 0.05) is 25.2 Å². The van der Waals surface area contributed by atoms with Crippen LogP contribution in [0.4, 0.5) is 11.4 Å². The van der Waals surface area contributed by atoms with Crippen molar-refractivity contribution in [3.8, 4) is 0 Å². The van der Waals surface area contributed by atoms with E-state index in [1.165, 1.54) is 12.8 Å². The fourth-order valence-electron chi connectivity index (χ4n) is 2.42. The summed E-state index contributed by atoms with van der Waals surface area (Å²) >= 11 is 0. The molecule has 0 radical (unpaired) electrons. The Bertz CT molecular complexity index is 472. The lowest BCUT2D eigenvalue weighted by Gasteiger charge is -2.20. The fraction of sp³-hybridized carbons (Fsp3) is 0.600. The van der Waals surface area contributed by atoms with Crippen molar-refractivity contribution in [2.45, 2.75) is 45.7 Å². The van der Waals surface area contributed by atoms with Crippen LogP contribution >= 0.6 is 0 Å². The number of nitro groups is 1. The van der Waals surface area contributed by atoms with Crippen molar-refractivity contribution in [3.05, 3.63) is 33.9 Å². The van der Waals surface area contributed by atoms with Crippen LogP contribution in [-0.2, 0) is 6.54 Å². The Balaban J connectivity index is 2.14. The molecule has 1 saturated carbocycles. The van der Waals surface area contributed by atoms with E-state index in [4.69, 9.17) is 0 Å². The van der Waals surface area contributed by atoms with Gasteiger partial charge in [-0.3, -0.25) is 15.0 Å². The van der Waals surface area contributed by atoms with Crippen LogP contribution in [0, 0.1) is 10.1 Å². The van der Waals surface area contributed by atoms with Gasteiger partial charge in [-0.15, -0.1) is 0 Å². The third-order valence-electron chi connectivity index (χ3n) is 3.68. The summed E-state index contributed by atoms with van der Waals surface area (Å²) in [6.07, 6.45) is 3.51. The highest BCUT2D eigenvalue weighted by atomic mass is 16.6. The quantitative estimate of drug-likeness (QED) is 0.584. The molecular weight excluding hydrogens is 254 g/mol. The molecule has 1 aliphatic rings. The summed E-state index contributed by atoms with van der Waals surface area (Å²) in [6.45, 7) is 6.87. The molecule has 0 amide bonds. The number of nitrogens with zero attached hydrogens (tertiary/aromatic N) is 2. The van der Waals surface area contributed by atoms with E-state index in [0.717, 1.165) is 31.6 Å². The van der Waals surface area contributed by atoms with Gasteiger partial charge >= 0.3 is 0 Å². The molecule has 0 unspecified atom stereocenters. The summed E-state index contributed by atoms with van der Waals surface area (Å²) in [5.74, 6) is 0. The summed E-state index contributed by atoms with van der Waals surface area (Å²) in [5, 5.41) is 14.2. The van der Waals surface area contributed by atoms with E-state index < -0.39 is 0 Å². The van der Waals surface area contributed by atoms with Gasteiger partial charge in [0.2, 0.25) is 0 Å². The maximum Gasteiger partial charge on any atom is 0.292 e. The molecule has 0 saturated heterocycles. The van der Waals surface area contributed by atoms with E-state index in [1.54, 1.807) is 6.07 Å². The monoisotopic (exact) mass is 277 g/mol. The molecule has 1 aromatic rings. The molecule has 0 heterocycles. The summed E-state index contributed by atoms with van der Waals surface area (Å²) in [6, 6.07) is 6.13. The average molecular weight is 277 g/mol. The standard InChI is InChI=1S/C15H23N3O2/c1-3-9-16-14-10-12(5-8-15(14)18(19)20)11-17(4-2)13-6-7-13/h5,8,10,13,16H,3-4,6-7,9,11H2,1-2H3. The van der Waals surface area contributed by atoms with E-state index >= 15 is 0 Å². The SMILES string of the molecule is CCCNc1cc(CN(CC)C2CC2)ccc1[N+](=O)[O-]. The molecule has 0 aromatic heterocycles. The van der Waals surface area contributed by atoms with Crippen molar-refractivity contribution in [1.82, 2.24) is 4.90 Å². The first-order chi connectivity index (χ1) is 9.65. The van der Waals surface area contributed by atoms with Crippen LogP contribution in [-0.4, -0.2) is 29.0 Å². The van der Waals surface area contributed by atoms with E-state index in [1.807, 2.05) is 12.1 Å². The molecule has 2 rings (SSSR count). The Morgan fingerprint density at radius 1 is 1.40 bits per heavy atom. The van der Waals surface area contributed by atoms with E-state index in [9.17, 15) is 10.1 Å². The van der Waals surface area contributed by atoms with Crippen LogP contribution in [0.25, 0.3) is 0 Å². The first-order valence-electron chi connectivity index (χ1n) is 7.41. The third kappa shape index (κ3) is 3.70. The highest BCUT2D eigenvalue weighted by Crippen LogP contribution is 2.30. The molecule has 5 nitrogen and oxygen atoms in total. The number of rotatable bonds is 8. The van der Waals surface area contributed by atoms with Crippen molar-refractivity contribution in [1.29, 1.82) is 0 Å². The van der Waals surface area contributed by atoms with Gasteiger partial charge in [0.05, 0.1) is 4.92 Å². The molecule has 5 heteroatoms. The van der Waals surface area contributed by atoms with Gasteiger partial charge in [0.15, 0.2) is 0 Å². The topological polar surface area (TPSA) is 58.4 Å². The van der Waals surface area contributed by atoms with Crippen molar-refractivity contribution < 1.29 is 4.92 Å². The number of hydrogen-bond donors (Lipinski definition) is 1. The van der Waals surface area contributed by atoms with E-state index in [-0.39, 0.29) is 10.6 Å². The number of benzene rings is 1. The van der Waals surface area contributed by atoms with Crippen LogP contribution in [0.15, 0.2) is 18.2 Å². The maximum atomic E-state index is 11.0. The number of nitro benzene ring substituents is 1. The molecule has 0 atom stereocenters. The predicted molar refractivity (Wildman–Crippen MR) is 81.0 cm³/mol. The smallest absolute Gasteiger partial charge is 0.292 e. The van der Waals surface area contributed by atoms with Crippen LogP contribution in [0.1, 0.15) is 38.7 Å². The lowest BCUT2D eigenvalue weighted by atomic mass is 10.1. The van der Waals surface area contributed by atoms with Crippen LogP contribution in [0.3, 0.4) is 0 Å². The highest BCUT2D eigenvalue weighted by molar-refractivity contribution is 5.62. The van der Waals surface area contributed by atoms with Gasteiger partial charge in [0.25, 0.3) is 5.69 Å². The zero-order chi connectivity index (χ0) is 14.5. The second-order valence-corrected chi connectivity index (χ2v) is 5.33. The minimum absolute atomic E-state index is 0.164. The van der Waals surface area contributed by atoms with Crippen molar-refractivity contribution in [2.75, 3.05) is 18.4 Å². The van der Waals surface area contributed by atoms with Crippen molar-refractivity contribution >= 4 is 11.4 Å². The third-order valence-corrected chi connectivity index (χ3v) is 3.68. The molecule has 1 fully saturated rings. The largest absolute Gasteiger partial charge is 0.379 e. The molecule has 0 spiro atoms. The Morgan fingerprint density at radius 3 is 2.70 bits per heavy atom. The molecule has 0 bridgehead atoms.